The number of nitrogens with one attached hydrogen (secondary N) is 1. The highest BCUT2D eigenvalue weighted by atomic mass is 19.1. The van der Waals surface area contributed by atoms with E-state index in [4.69, 9.17) is 0 Å². The predicted molar refractivity (Wildman–Crippen MR) is 122 cm³/mol. The first-order chi connectivity index (χ1) is 16.0. The summed E-state index contributed by atoms with van der Waals surface area (Å²) in [6.45, 7) is 3.08. The van der Waals surface area contributed by atoms with Crippen LogP contribution >= 0.6 is 0 Å². The van der Waals surface area contributed by atoms with Crippen LogP contribution in [0, 0.1) is 17.5 Å². The van der Waals surface area contributed by atoms with Gasteiger partial charge in [-0.3, -0.25) is 14.6 Å². The molecular weight excluding hydrogens is 427 g/mol. The van der Waals surface area contributed by atoms with Crippen LogP contribution in [0.15, 0.2) is 72.8 Å². The Kier molecular flexibility index (Phi) is 7.42. The Bertz CT molecular complexity index is 1030. The molecule has 7 heteroatoms. The SMILES string of the molecule is O=C(CN1CCCN(C(c2ccc(F)cc2)c2ccc(F)cc2)CC1)Nc1cccc(F)c1. The van der Waals surface area contributed by atoms with Crippen LogP contribution in [-0.2, 0) is 4.79 Å². The number of rotatable bonds is 6. The van der Waals surface area contributed by atoms with Gasteiger partial charge in [-0.1, -0.05) is 30.3 Å². The molecule has 4 rings (SSSR count). The molecule has 33 heavy (non-hydrogen) atoms. The van der Waals surface area contributed by atoms with E-state index in [-0.39, 0.29) is 30.1 Å². The van der Waals surface area contributed by atoms with Gasteiger partial charge < -0.3 is 5.32 Å². The minimum Gasteiger partial charge on any atom is -0.325 e. The van der Waals surface area contributed by atoms with Crippen molar-refractivity contribution in [1.29, 1.82) is 0 Å². The number of nitrogens with zero attached hydrogens (tertiary/aromatic N) is 2. The van der Waals surface area contributed by atoms with Gasteiger partial charge in [-0.25, -0.2) is 13.2 Å². The van der Waals surface area contributed by atoms with Gasteiger partial charge in [-0.05, 0) is 66.6 Å². The molecule has 1 aliphatic rings. The van der Waals surface area contributed by atoms with Crippen molar-refractivity contribution in [2.45, 2.75) is 12.5 Å². The average molecular weight is 454 g/mol. The van der Waals surface area contributed by atoms with E-state index in [1.807, 2.05) is 0 Å². The lowest BCUT2D eigenvalue weighted by Crippen LogP contribution is -2.37. The second kappa shape index (κ2) is 10.6. The summed E-state index contributed by atoms with van der Waals surface area (Å²) in [6, 6.07) is 18.5. The Labute approximate surface area is 191 Å². The molecule has 1 amide bonds. The lowest BCUT2D eigenvalue weighted by Gasteiger charge is -2.31. The van der Waals surface area contributed by atoms with Crippen LogP contribution in [0.2, 0.25) is 0 Å². The first-order valence-corrected chi connectivity index (χ1v) is 11.0. The Morgan fingerprint density at radius 3 is 2.03 bits per heavy atom. The topological polar surface area (TPSA) is 35.6 Å². The maximum Gasteiger partial charge on any atom is 0.238 e. The molecule has 0 aliphatic carbocycles. The summed E-state index contributed by atoms with van der Waals surface area (Å²) in [5, 5.41) is 2.74. The molecule has 0 unspecified atom stereocenters. The highest BCUT2D eigenvalue weighted by molar-refractivity contribution is 5.92. The molecule has 0 aromatic heterocycles. The van der Waals surface area contributed by atoms with Gasteiger partial charge in [-0.15, -0.1) is 0 Å². The smallest absolute Gasteiger partial charge is 0.238 e. The summed E-state index contributed by atoms with van der Waals surface area (Å²) in [5.74, 6) is -1.19. The molecule has 0 atom stereocenters. The van der Waals surface area contributed by atoms with Crippen molar-refractivity contribution in [3.63, 3.8) is 0 Å². The van der Waals surface area contributed by atoms with Crippen LogP contribution in [0.4, 0.5) is 18.9 Å². The molecule has 3 aromatic rings. The molecule has 0 radical (unpaired) electrons. The molecular formula is C26H26F3N3O. The number of carbonyl (C=O) groups is 1. The van der Waals surface area contributed by atoms with Gasteiger partial charge in [0.1, 0.15) is 17.5 Å². The van der Waals surface area contributed by atoms with Gasteiger partial charge in [0.25, 0.3) is 0 Å². The minimum atomic E-state index is -0.397. The fourth-order valence-electron chi connectivity index (χ4n) is 4.28. The van der Waals surface area contributed by atoms with Gasteiger partial charge in [0, 0.05) is 25.3 Å². The summed E-state index contributed by atoms with van der Waals surface area (Å²) in [5.41, 5.74) is 2.30. The molecule has 1 saturated heterocycles. The number of benzene rings is 3. The van der Waals surface area contributed by atoms with E-state index in [1.54, 1.807) is 36.4 Å². The predicted octanol–water partition coefficient (Wildman–Crippen LogP) is 4.84. The van der Waals surface area contributed by atoms with Crippen molar-refractivity contribution in [2.24, 2.45) is 0 Å². The standard InChI is InChI=1S/C26H26F3N3O/c27-21-9-5-19(6-10-21)26(20-7-11-22(28)12-8-20)32-14-2-13-31(15-16-32)18-25(33)30-24-4-1-3-23(29)17-24/h1,3-12,17,26H,2,13-16,18H2,(H,30,33). The summed E-state index contributed by atoms with van der Waals surface area (Å²) >= 11 is 0. The van der Waals surface area contributed by atoms with E-state index in [1.165, 1.54) is 36.4 Å². The first-order valence-electron chi connectivity index (χ1n) is 11.0. The third kappa shape index (κ3) is 6.21. The summed E-state index contributed by atoms with van der Waals surface area (Å²) < 4.78 is 40.4. The number of hydrogen-bond donors (Lipinski definition) is 1. The second-order valence-electron chi connectivity index (χ2n) is 8.23. The zero-order valence-corrected chi connectivity index (χ0v) is 18.2. The van der Waals surface area contributed by atoms with Crippen molar-refractivity contribution < 1.29 is 18.0 Å². The molecule has 0 saturated carbocycles. The number of anilines is 1. The first kappa shape index (κ1) is 23.0. The van der Waals surface area contributed by atoms with Gasteiger partial charge >= 0.3 is 0 Å². The second-order valence-corrected chi connectivity index (χ2v) is 8.23. The number of halogens is 3. The van der Waals surface area contributed by atoms with E-state index in [2.05, 4.69) is 15.1 Å². The van der Waals surface area contributed by atoms with Crippen molar-refractivity contribution in [3.05, 3.63) is 101 Å². The zero-order chi connectivity index (χ0) is 23.2. The van der Waals surface area contributed by atoms with E-state index < -0.39 is 5.82 Å². The van der Waals surface area contributed by atoms with E-state index in [0.717, 1.165) is 30.6 Å². The molecule has 3 aromatic carbocycles. The van der Waals surface area contributed by atoms with Crippen LogP contribution in [0.3, 0.4) is 0 Å². The third-order valence-corrected chi connectivity index (χ3v) is 5.84. The fourth-order valence-corrected chi connectivity index (χ4v) is 4.28. The molecule has 172 valence electrons. The Hall–Kier alpha value is -3.16. The van der Waals surface area contributed by atoms with Crippen molar-refractivity contribution in [3.8, 4) is 0 Å². The number of amides is 1. The average Bonchev–Trinajstić information content (AvgIpc) is 3.02. The molecule has 4 nitrogen and oxygen atoms in total. The van der Waals surface area contributed by atoms with Crippen LogP contribution in [0.5, 0.6) is 0 Å². The molecule has 1 heterocycles. The lowest BCUT2D eigenvalue weighted by atomic mass is 9.96. The summed E-state index contributed by atoms with van der Waals surface area (Å²) in [6.07, 6.45) is 0.839. The molecule has 1 fully saturated rings. The Balaban J connectivity index is 1.45. The van der Waals surface area contributed by atoms with Gasteiger partial charge in [0.2, 0.25) is 5.91 Å². The van der Waals surface area contributed by atoms with Crippen LogP contribution < -0.4 is 5.32 Å². The normalized spacial score (nSPS) is 15.4. The monoisotopic (exact) mass is 453 g/mol. The number of hydrogen-bond acceptors (Lipinski definition) is 3. The van der Waals surface area contributed by atoms with Crippen LogP contribution in [-0.4, -0.2) is 48.4 Å². The minimum absolute atomic E-state index is 0.146. The maximum atomic E-state index is 13.5. The zero-order valence-electron chi connectivity index (χ0n) is 18.2. The van der Waals surface area contributed by atoms with Gasteiger partial charge in [0.05, 0.1) is 12.6 Å². The summed E-state index contributed by atoms with van der Waals surface area (Å²) in [4.78, 5) is 16.8. The lowest BCUT2D eigenvalue weighted by molar-refractivity contribution is -0.117. The summed E-state index contributed by atoms with van der Waals surface area (Å²) in [7, 11) is 0. The molecule has 1 aliphatic heterocycles. The Morgan fingerprint density at radius 1 is 0.788 bits per heavy atom. The van der Waals surface area contributed by atoms with E-state index >= 15 is 0 Å². The van der Waals surface area contributed by atoms with Crippen LogP contribution in [0.25, 0.3) is 0 Å². The molecule has 0 spiro atoms. The Morgan fingerprint density at radius 2 is 1.42 bits per heavy atom. The molecule has 1 N–H and O–H groups in total. The highest BCUT2D eigenvalue weighted by Gasteiger charge is 2.26. The van der Waals surface area contributed by atoms with Gasteiger partial charge in [-0.2, -0.15) is 0 Å². The van der Waals surface area contributed by atoms with E-state index in [9.17, 15) is 18.0 Å². The molecule has 0 bridgehead atoms. The van der Waals surface area contributed by atoms with Gasteiger partial charge in [0.15, 0.2) is 0 Å². The maximum absolute atomic E-state index is 13.5. The van der Waals surface area contributed by atoms with Crippen molar-refractivity contribution in [2.75, 3.05) is 38.0 Å². The van der Waals surface area contributed by atoms with Crippen molar-refractivity contribution in [1.82, 2.24) is 9.80 Å². The van der Waals surface area contributed by atoms with Crippen molar-refractivity contribution >= 4 is 11.6 Å². The fraction of sp³-hybridized carbons (Fsp3) is 0.269. The van der Waals surface area contributed by atoms with E-state index in [0.29, 0.717) is 18.8 Å². The highest BCUT2D eigenvalue weighted by Crippen LogP contribution is 2.30. The third-order valence-electron chi connectivity index (χ3n) is 5.84. The largest absolute Gasteiger partial charge is 0.325 e. The quantitative estimate of drug-likeness (QED) is 0.580. The van der Waals surface area contributed by atoms with Crippen LogP contribution in [0.1, 0.15) is 23.6 Å². The number of carbonyl (C=O) groups excluding carboxylic acids is 1.